The second-order valence-electron chi connectivity index (χ2n) is 6.43. The topological polar surface area (TPSA) is 95.9 Å². The van der Waals surface area contributed by atoms with Gasteiger partial charge in [0, 0.05) is 58.3 Å². The van der Waals surface area contributed by atoms with Gasteiger partial charge in [-0.3, -0.25) is 14.4 Å². The van der Waals surface area contributed by atoms with Gasteiger partial charge in [0.1, 0.15) is 0 Å². The Morgan fingerprint density at radius 2 is 1.68 bits per heavy atom. The first-order chi connectivity index (χ1) is 13.4. The summed E-state index contributed by atoms with van der Waals surface area (Å²) in [7, 11) is 0. The molecular formula is C21H42N2O5. The SMILES string of the molecule is CC.CC.CC(=O)NCCCCCC(=O)N1CCC(COC(C)=O)C(CO)C1. The third-order valence-corrected chi connectivity index (χ3v) is 4.42. The maximum absolute atomic E-state index is 12.3. The van der Waals surface area contributed by atoms with E-state index in [1.807, 2.05) is 27.7 Å². The number of piperidine rings is 1. The summed E-state index contributed by atoms with van der Waals surface area (Å²) < 4.78 is 5.04. The number of aliphatic hydroxyl groups is 1. The number of carbonyl (C=O) groups excluding carboxylic acids is 3. The number of amides is 2. The number of nitrogens with zero attached hydrogens (tertiary/aromatic N) is 1. The van der Waals surface area contributed by atoms with E-state index in [4.69, 9.17) is 4.74 Å². The van der Waals surface area contributed by atoms with Crippen LogP contribution >= 0.6 is 0 Å². The summed E-state index contributed by atoms with van der Waals surface area (Å²) in [5, 5.41) is 12.3. The molecule has 2 unspecified atom stereocenters. The molecule has 0 radical (unpaired) electrons. The van der Waals surface area contributed by atoms with Crippen molar-refractivity contribution < 1.29 is 24.2 Å². The lowest BCUT2D eigenvalue weighted by Gasteiger charge is -2.37. The fourth-order valence-corrected chi connectivity index (χ4v) is 2.96. The van der Waals surface area contributed by atoms with Crippen LogP contribution in [0.2, 0.25) is 0 Å². The lowest BCUT2D eigenvalue weighted by molar-refractivity contribution is -0.145. The first-order valence-corrected chi connectivity index (χ1v) is 10.7. The van der Waals surface area contributed by atoms with Crippen molar-refractivity contribution >= 4 is 17.8 Å². The van der Waals surface area contributed by atoms with Gasteiger partial charge in [-0.1, -0.05) is 34.1 Å². The van der Waals surface area contributed by atoms with Crippen LogP contribution in [-0.2, 0) is 19.1 Å². The third kappa shape index (κ3) is 13.5. The third-order valence-electron chi connectivity index (χ3n) is 4.42. The van der Waals surface area contributed by atoms with Crippen LogP contribution in [-0.4, -0.2) is 60.6 Å². The zero-order chi connectivity index (χ0) is 21.9. The quantitative estimate of drug-likeness (QED) is 0.457. The van der Waals surface area contributed by atoms with Gasteiger partial charge in [0.15, 0.2) is 0 Å². The minimum absolute atomic E-state index is 0.00751. The largest absolute Gasteiger partial charge is 0.466 e. The Labute approximate surface area is 171 Å². The van der Waals surface area contributed by atoms with Gasteiger partial charge in [-0.15, -0.1) is 0 Å². The first kappa shape index (κ1) is 28.6. The van der Waals surface area contributed by atoms with Crippen molar-refractivity contribution in [2.45, 2.75) is 73.6 Å². The monoisotopic (exact) mass is 402 g/mol. The van der Waals surface area contributed by atoms with E-state index in [1.165, 1.54) is 13.8 Å². The predicted molar refractivity (Wildman–Crippen MR) is 112 cm³/mol. The minimum atomic E-state index is -0.315. The summed E-state index contributed by atoms with van der Waals surface area (Å²) in [4.78, 5) is 35.7. The smallest absolute Gasteiger partial charge is 0.302 e. The van der Waals surface area contributed by atoms with E-state index in [2.05, 4.69) is 5.32 Å². The summed E-state index contributed by atoms with van der Waals surface area (Å²) in [6.45, 7) is 13.0. The standard InChI is InChI=1S/C17H30N2O5.2C2H6/c1-13(21)18-8-5-3-4-6-17(23)19-9-7-15(12-24-14(2)22)16(10-19)11-20;2*1-2/h15-16,20H,3-12H2,1-2H3,(H,18,21);2*1-2H3. The molecule has 1 rings (SSSR count). The average molecular weight is 403 g/mol. The van der Waals surface area contributed by atoms with Gasteiger partial charge in [-0.2, -0.15) is 0 Å². The van der Waals surface area contributed by atoms with E-state index in [1.54, 1.807) is 4.90 Å². The zero-order valence-corrected chi connectivity index (χ0v) is 18.8. The Kier molecular flexibility index (Phi) is 19.1. The van der Waals surface area contributed by atoms with E-state index in [0.29, 0.717) is 32.7 Å². The number of hydrogen-bond acceptors (Lipinski definition) is 5. The number of rotatable bonds is 9. The van der Waals surface area contributed by atoms with Crippen LogP contribution in [0, 0.1) is 11.8 Å². The molecule has 2 amide bonds. The lowest BCUT2D eigenvalue weighted by atomic mass is 9.86. The molecule has 0 aromatic carbocycles. The van der Waals surface area contributed by atoms with E-state index < -0.39 is 0 Å². The highest BCUT2D eigenvalue weighted by Crippen LogP contribution is 2.24. The molecular weight excluding hydrogens is 360 g/mol. The minimum Gasteiger partial charge on any atom is -0.466 e. The second-order valence-corrected chi connectivity index (χ2v) is 6.43. The molecule has 28 heavy (non-hydrogen) atoms. The number of ether oxygens (including phenoxy) is 1. The van der Waals surface area contributed by atoms with Crippen molar-refractivity contribution in [2.24, 2.45) is 11.8 Å². The number of likely N-dealkylation sites (tertiary alicyclic amines) is 1. The molecule has 0 saturated carbocycles. The van der Waals surface area contributed by atoms with Gasteiger partial charge >= 0.3 is 5.97 Å². The van der Waals surface area contributed by atoms with Crippen molar-refractivity contribution in [1.82, 2.24) is 10.2 Å². The number of esters is 1. The Bertz CT molecular complexity index is 429. The molecule has 1 aliphatic heterocycles. The van der Waals surface area contributed by atoms with Crippen molar-refractivity contribution in [3.63, 3.8) is 0 Å². The first-order valence-electron chi connectivity index (χ1n) is 10.7. The fraction of sp³-hybridized carbons (Fsp3) is 0.857. The van der Waals surface area contributed by atoms with Crippen molar-refractivity contribution in [2.75, 3.05) is 32.8 Å². The average Bonchev–Trinajstić information content (AvgIpc) is 2.71. The molecule has 0 aromatic heterocycles. The van der Waals surface area contributed by atoms with Gasteiger partial charge in [0.25, 0.3) is 0 Å². The van der Waals surface area contributed by atoms with Gasteiger partial charge in [0.05, 0.1) is 6.61 Å². The maximum atomic E-state index is 12.3. The van der Waals surface area contributed by atoms with E-state index in [-0.39, 0.29) is 36.2 Å². The van der Waals surface area contributed by atoms with Crippen LogP contribution in [0.3, 0.4) is 0 Å². The molecule has 7 heteroatoms. The predicted octanol–water partition coefficient (Wildman–Crippen LogP) is 2.76. The van der Waals surface area contributed by atoms with Crippen LogP contribution in [0.4, 0.5) is 0 Å². The van der Waals surface area contributed by atoms with Crippen molar-refractivity contribution in [3.8, 4) is 0 Å². The molecule has 1 heterocycles. The highest BCUT2D eigenvalue weighted by Gasteiger charge is 2.31. The maximum Gasteiger partial charge on any atom is 0.302 e. The van der Waals surface area contributed by atoms with Gasteiger partial charge in [-0.05, 0) is 19.3 Å². The summed E-state index contributed by atoms with van der Waals surface area (Å²) >= 11 is 0. The molecule has 7 nitrogen and oxygen atoms in total. The Hall–Kier alpha value is -1.63. The Morgan fingerprint density at radius 3 is 2.21 bits per heavy atom. The van der Waals surface area contributed by atoms with Gasteiger partial charge in [0.2, 0.25) is 11.8 Å². The molecule has 166 valence electrons. The molecule has 0 aromatic rings. The molecule has 0 aliphatic carbocycles. The van der Waals surface area contributed by atoms with E-state index in [9.17, 15) is 19.5 Å². The molecule has 0 spiro atoms. The molecule has 0 bridgehead atoms. The highest BCUT2D eigenvalue weighted by molar-refractivity contribution is 5.76. The summed E-state index contributed by atoms with van der Waals surface area (Å²) in [5.41, 5.74) is 0. The van der Waals surface area contributed by atoms with Gasteiger partial charge < -0.3 is 20.1 Å². The summed E-state index contributed by atoms with van der Waals surface area (Å²) in [6, 6.07) is 0. The van der Waals surface area contributed by atoms with E-state index in [0.717, 1.165) is 25.7 Å². The molecule has 1 saturated heterocycles. The van der Waals surface area contributed by atoms with Crippen LogP contribution < -0.4 is 5.32 Å². The van der Waals surface area contributed by atoms with Crippen molar-refractivity contribution in [3.05, 3.63) is 0 Å². The zero-order valence-electron chi connectivity index (χ0n) is 18.8. The second kappa shape index (κ2) is 18.7. The molecule has 1 fully saturated rings. The number of aliphatic hydroxyl groups excluding tert-OH is 1. The lowest BCUT2D eigenvalue weighted by Crippen LogP contribution is -2.46. The van der Waals surface area contributed by atoms with Gasteiger partial charge in [-0.25, -0.2) is 0 Å². The molecule has 1 aliphatic rings. The number of nitrogens with one attached hydrogen (secondary N) is 1. The summed E-state index contributed by atoms with van der Waals surface area (Å²) in [6.07, 6.45) is 3.81. The molecule has 2 N–H and O–H groups in total. The van der Waals surface area contributed by atoms with Crippen LogP contribution in [0.25, 0.3) is 0 Å². The number of hydrogen-bond donors (Lipinski definition) is 2. The Morgan fingerprint density at radius 1 is 1.04 bits per heavy atom. The summed E-state index contributed by atoms with van der Waals surface area (Å²) in [5.74, 6) is -0.163. The normalized spacial score (nSPS) is 18.0. The number of unbranched alkanes of at least 4 members (excludes halogenated alkanes) is 2. The van der Waals surface area contributed by atoms with Crippen LogP contribution in [0.5, 0.6) is 0 Å². The van der Waals surface area contributed by atoms with Crippen LogP contribution in [0.15, 0.2) is 0 Å². The molecule has 2 atom stereocenters. The van der Waals surface area contributed by atoms with Crippen LogP contribution in [0.1, 0.15) is 73.6 Å². The number of carbonyl (C=O) groups is 3. The fourth-order valence-electron chi connectivity index (χ4n) is 2.96. The van der Waals surface area contributed by atoms with E-state index >= 15 is 0 Å². The highest BCUT2D eigenvalue weighted by atomic mass is 16.5. The Balaban J connectivity index is 0. The van der Waals surface area contributed by atoms with Crippen molar-refractivity contribution in [1.29, 1.82) is 0 Å².